The Balaban J connectivity index is 2.12. The van der Waals surface area contributed by atoms with Gasteiger partial charge in [0.15, 0.2) is 6.39 Å². The zero-order valence-corrected chi connectivity index (χ0v) is 11.3. The first-order chi connectivity index (χ1) is 9.60. The van der Waals surface area contributed by atoms with Gasteiger partial charge >= 0.3 is 5.97 Å². The quantitative estimate of drug-likeness (QED) is 0.875. The van der Waals surface area contributed by atoms with E-state index in [9.17, 15) is 9.59 Å². The van der Waals surface area contributed by atoms with Crippen molar-refractivity contribution in [3.63, 3.8) is 0 Å². The summed E-state index contributed by atoms with van der Waals surface area (Å²) in [4.78, 5) is 27.1. The van der Waals surface area contributed by atoms with Crippen LogP contribution in [0.15, 0.2) is 35.3 Å². The smallest absolute Gasteiger partial charge is 0.337 e. The number of benzene rings is 1. The zero-order chi connectivity index (χ0) is 14.5. The minimum absolute atomic E-state index is 0.0509. The van der Waals surface area contributed by atoms with Crippen molar-refractivity contribution in [1.82, 2.24) is 4.98 Å². The lowest BCUT2D eigenvalue weighted by Gasteiger charge is -2.08. The molecule has 7 heteroatoms. The molecule has 6 nitrogen and oxygen atoms in total. The largest absolute Gasteiger partial charge is 0.465 e. The molecule has 104 valence electrons. The fourth-order valence-electron chi connectivity index (χ4n) is 1.55. The molecule has 0 fully saturated rings. The minimum atomic E-state index is -0.506. The zero-order valence-electron chi connectivity index (χ0n) is 10.6. The number of nitrogens with zero attached hydrogens (tertiary/aromatic N) is 1. The van der Waals surface area contributed by atoms with Crippen molar-refractivity contribution in [3.8, 4) is 0 Å². The molecule has 0 aliphatic carbocycles. The van der Waals surface area contributed by atoms with Gasteiger partial charge in [0, 0.05) is 0 Å². The van der Waals surface area contributed by atoms with Crippen LogP contribution >= 0.6 is 11.6 Å². The number of halogens is 1. The van der Waals surface area contributed by atoms with E-state index in [4.69, 9.17) is 16.0 Å². The first kappa shape index (κ1) is 14.1. The Hall–Kier alpha value is -2.34. The molecule has 0 spiro atoms. The molecule has 1 N–H and O–H groups in total. The first-order valence-electron chi connectivity index (χ1n) is 5.65. The highest BCUT2D eigenvalue weighted by Crippen LogP contribution is 2.23. The molecule has 2 aromatic rings. The number of carbonyl (C=O) groups is 2. The molecule has 20 heavy (non-hydrogen) atoms. The maximum absolute atomic E-state index is 11.8. The number of rotatable bonds is 4. The Bertz CT molecular complexity index is 625. The van der Waals surface area contributed by atoms with Gasteiger partial charge in [-0.1, -0.05) is 11.6 Å². The molecule has 1 aromatic carbocycles. The lowest BCUT2D eigenvalue weighted by molar-refractivity contribution is -0.115. The van der Waals surface area contributed by atoms with Crippen LogP contribution in [0.1, 0.15) is 16.1 Å². The second-order valence-corrected chi connectivity index (χ2v) is 4.30. The monoisotopic (exact) mass is 294 g/mol. The SMILES string of the molecule is COC(=O)c1ccc(Cl)c(NC(=O)Cc2cocn2)c1. The summed E-state index contributed by atoms with van der Waals surface area (Å²) in [5.41, 5.74) is 1.14. The number of carbonyl (C=O) groups excluding carboxylic acids is 2. The number of hydrogen-bond acceptors (Lipinski definition) is 5. The number of anilines is 1. The standard InChI is InChI=1S/C13H11ClN2O4/c1-19-13(18)8-2-3-10(14)11(4-8)16-12(17)5-9-6-20-7-15-9/h2-4,6-7H,5H2,1H3,(H,16,17). The highest BCUT2D eigenvalue weighted by atomic mass is 35.5. The van der Waals surface area contributed by atoms with Gasteiger partial charge in [-0.2, -0.15) is 0 Å². The van der Waals surface area contributed by atoms with Crippen molar-refractivity contribution < 1.29 is 18.7 Å². The summed E-state index contributed by atoms with van der Waals surface area (Å²) in [6.07, 6.45) is 2.68. The third kappa shape index (κ3) is 3.36. The fraction of sp³-hybridized carbons (Fsp3) is 0.154. The van der Waals surface area contributed by atoms with Crippen molar-refractivity contribution in [3.05, 3.63) is 47.1 Å². The van der Waals surface area contributed by atoms with Crippen LogP contribution in [0.3, 0.4) is 0 Å². The minimum Gasteiger partial charge on any atom is -0.465 e. The van der Waals surface area contributed by atoms with Gasteiger partial charge < -0.3 is 14.5 Å². The maximum Gasteiger partial charge on any atom is 0.337 e. The molecular weight excluding hydrogens is 284 g/mol. The molecule has 1 amide bonds. The average Bonchev–Trinajstić information content (AvgIpc) is 2.93. The van der Waals surface area contributed by atoms with Gasteiger partial charge in [-0.15, -0.1) is 0 Å². The number of esters is 1. The third-order valence-corrected chi connectivity index (χ3v) is 2.82. The number of oxazole rings is 1. The van der Waals surface area contributed by atoms with Crippen molar-refractivity contribution in [2.24, 2.45) is 0 Å². The van der Waals surface area contributed by atoms with Crippen molar-refractivity contribution in [2.75, 3.05) is 12.4 Å². The molecule has 0 unspecified atom stereocenters. The summed E-state index contributed by atoms with van der Waals surface area (Å²) >= 11 is 5.97. The van der Waals surface area contributed by atoms with E-state index in [0.717, 1.165) is 0 Å². The van der Waals surface area contributed by atoms with Gasteiger partial charge in [0.2, 0.25) is 5.91 Å². The van der Waals surface area contributed by atoms with Crippen molar-refractivity contribution in [1.29, 1.82) is 0 Å². The second kappa shape index (κ2) is 6.21. The Labute approximate surface area is 119 Å². The van der Waals surface area contributed by atoms with E-state index in [2.05, 4.69) is 15.0 Å². The normalized spacial score (nSPS) is 10.1. The van der Waals surface area contributed by atoms with Gasteiger partial charge in [-0.05, 0) is 18.2 Å². The van der Waals surface area contributed by atoms with Crippen LogP contribution in [0.25, 0.3) is 0 Å². The molecule has 2 rings (SSSR count). The highest BCUT2D eigenvalue weighted by Gasteiger charge is 2.12. The average molecular weight is 295 g/mol. The molecule has 0 saturated heterocycles. The number of aromatic nitrogens is 1. The van der Waals surface area contributed by atoms with E-state index in [-0.39, 0.29) is 12.3 Å². The highest BCUT2D eigenvalue weighted by molar-refractivity contribution is 6.33. The molecule has 1 aromatic heterocycles. The van der Waals surface area contributed by atoms with Gasteiger partial charge in [0.25, 0.3) is 0 Å². The lowest BCUT2D eigenvalue weighted by Crippen LogP contribution is -2.15. The van der Waals surface area contributed by atoms with Gasteiger partial charge in [-0.25, -0.2) is 9.78 Å². The van der Waals surface area contributed by atoms with Crippen molar-refractivity contribution >= 4 is 29.2 Å². The molecule has 1 heterocycles. The van der Waals surface area contributed by atoms with E-state index >= 15 is 0 Å². The van der Waals surface area contributed by atoms with Crippen LogP contribution in [-0.2, 0) is 16.0 Å². The second-order valence-electron chi connectivity index (χ2n) is 3.89. The van der Waals surface area contributed by atoms with Gasteiger partial charge in [0.1, 0.15) is 6.26 Å². The summed E-state index contributed by atoms with van der Waals surface area (Å²) in [6, 6.07) is 4.48. The molecule has 0 bridgehead atoms. The first-order valence-corrected chi connectivity index (χ1v) is 6.02. The lowest BCUT2D eigenvalue weighted by atomic mass is 10.2. The van der Waals surface area contributed by atoms with Crippen LogP contribution in [-0.4, -0.2) is 24.0 Å². The van der Waals surface area contributed by atoms with Crippen LogP contribution in [0.2, 0.25) is 5.02 Å². The van der Waals surface area contributed by atoms with E-state index in [1.807, 2.05) is 0 Å². The van der Waals surface area contributed by atoms with Crippen LogP contribution in [0, 0.1) is 0 Å². The number of ether oxygens (including phenoxy) is 1. The third-order valence-electron chi connectivity index (χ3n) is 2.49. The van der Waals surface area contributed by atoms with Gasteiger partial charge in [-0.3, -0.25) is 4.79 Å². The Kier molecular flexibility index (Phi) is 4.37. The molecule has 0 atom stereocenters. The van der Waals surface area contributed by atoms with Crippen LogP contribution in [0.4, 0.5) is 5.69 Å². The number of methoxy groups -OCH3 is 1. The molecule has 0 saturated carbocycles. The predicted molar refractivity (Wildman–Crippen MR) is 71.6 cm³/mol. The summed E-state index contributed by atoms with van der Waals surface area (Å²) in [6.45, 7) is 0. The van der Waals surface area contributed by atoms with Crippen LogP contribution < -0.4 is 5.32 Å². The Morgan fingerprint density at radius 2 is 2.25 bits per heavy atom. The number of hydrogen-bond donors (Lipinski definition) is 1. The topological polar surface area (TPSA) is 81.4 Å². The summed E-state index contributed by atoms with van der Waals surface area (Å²) in [5, 5.41) is 2.93. The van der Waals surface area contributed by atoms with Crippen molar-refractivity contribution in [2.45, 2.75) is 6.42 Å². The fourth-order valence-corrected chi connectivity index (χ4v) is 1.71. The van der Waals surface area contributed by atoms with Gasteiger partial charge in [0.05, 0.1) is 35.5 Å². The summed E-state index contributed by atoms with van der Waals surface area (Å²) < 4.78 is 9.38. The van der Waals surface area contributed by atoms with E-state index < -0.39 is 5.97 Å². The van der Waals surface area contributed by atoms with E-state index in [1.54, 1.807) is 0 Å². The van der Waals surface area contributed by atoms with E-state index in [0.29, 0.717) is 22.0 Å². The predicted octanol–water partition coefficient (Wildman–Crippen LogP) is 2.30. The van der Waals surface area contributed by atoms with Crippen LogP contribution in [0.5, 0.6) is 0 Å². The molecule has 0 aliphatic heterocycles. The molecule has 0 aliphatic rings. The molecule has 0 radical (unpaired) electrons. The summed E-state index contributed by atoms with van der Waals surface area (Å²) in [7, 11) is 1.28. The summed E-state index contributed by atoms with van der Waals surface area (Å²) in [5.74, 6) is -0.823. The number of amides is 1. The van der Waals surface area contributed by atoms with E-state index in [1.165, 1.54) is 38.0 Å². The Morgan fingerprint density at radius 3 is 2.90 bits per heavy atom. The Morgan fingerprint density at radius 1 is 1.45 bits per heavy atom. The maximum atomic E-state index is 11.8. The molecular formula is C13H11ClN2O4. The number of nitrogens with one attached hydrogen (secondary N) is 1.